The number of halogens is 10. The number of alkyl halides is 8. The third kappa shape index (κ3) is 3.20. The normalized spacial score (nSPS) is 15.2. The van der Waals surface area contributed by atoms with Crippen LogP contribution in [0.2, 0.25) is 5.02 Å². The van der Waals surface area contributed by atoms with E-state index in [1.165, 1.54) is 0 Å². The zero-order chi connectivity index (χ0) is 16.8. The lowest BCUT2D eigenvalue weighted by atomic mass is 9.94. The van der Waals surface area contributed by atoms with E-state index in [1.54, 1.807) is 0 Å². The molecule has 120 valence electrons. The molecule has 1 atom stereocenters. The third-order valence-corrected chi connectivity index (χ3v) is 2.81. The first-order chi connectivity index (χ1) is 9.21. The number of hydrogen-bond acceptors (Lipinski definition) is 1. The molecule has 0 spiro atoms. The summed E-state index contributed by atoms with van der Waals surface area (Å²) in [4.78, 5) is 0. The molecule has 0 aliphatic carbocycles. The van der Waals surface area contributed by atoms with Crippen molar-refractivity contribution < 1.29 is 39.5 Å². The predicted octanol–water partition coefficient (Wildman–Crippen LogP) is 4.70. The Morgan fingerprint density at radius 2 is 1.43 bits per heavy atom. The van der Waals surface area contributed by atoms with E-state index in [2.05, 4.69) is 5.73 Å². The summed E-state index contributed by atoms with van der Waals surface area (Å²) in [5.41, 5.74) is 0.459. The fourth-order valence-corrected chi connectivity index (χ4v) is 1.64. The molecule has 0 heterocycles. The Bertz CT molecular complexity index is 535. The van der Waals surface area contributed by atoms with E-state index in [0.717, 1.165) is 0 Å². The second kappa shape index (κ2) is 5.24. The fraction of sp³-hybridized carbons (Fsp3) is 0.400. The van der Waals surface area contributed by atoms with Crippen LogP contribution >= 0.6 is 11.6 Å². The molecule has 0 radical (unpaired) electrons. The number of rotatable bonds is 2. The van der Waals surface area contributed by atoms with Gasteiger partial charge in [0, 0.05) is 5.56 Å². The first kappa shape index (κ1) is 17.9. The van der Waals surface area contributed by atoms with Crippen molar-refractivity contribution in [3.63, 3.8) is 0 Å². The van der Waals surface area contributed by atoms with Gasteiger partial charge in [-0.2, -0.15) is 35.1 Å². The predicted molar refractivity (Wildman–Crippen MR) is 54.3 cm³/mol. The minimum absolute atomic E-state index is 0.0764. The van der Waals surface area contributed by atoms with Crippen molar-refractivity contribution in [3.05, 3.63) is 34.1 Å². The lowest BCUT2D eigenvalue weighted by molar-refractivity contribution is -0.291. The van der Waals surface area contributed by atoms with Crippen molar-refractivity contribution >= 4 is 11.6 Å². The molecule has 0 fully saturated rings. The van der Waals surface area contributed by atoms with Gasteiger partial charge < -0.3 is 5.73 Å². The Hall–Kier alpha value is -1.16. The quantitative estimate of drug-likeness (QED) is 0.773. The van der Waals surface area contributed by atoms with Gasteiger partial charge in [-0.3, -0.25) is 0 Å². The maximum absolute atomic E-state index is 13.5. The van der Waals surface area contributed by atoms with Gasteiger partial charge in [-0.15, -0.1) is 0 Å². The van der Waals surface area contributed by atoms with Gasteiger partial charge in [0.05, 0.1) is 10.6 Å². The molecular weight excluding hydrogens is 341 g/mol. The van der Waals surface area contributed by atoms with Crippen molar-refractivity contribution in [2.45, 2.75) is 24.3 Å². The molecule has 0 unspecified atom stereocenters. The highest BCUT2D eigenvalue weighted by Gasteiger charge is 2.63. The molecule has 0 bridgehead atoms. The summed E-state index contributed by atoms with van der Waals surface area (Å²) in [5, 5.41) is -1.06. The van der Waals surface area contributed by atoms with Gasteiger partial charge >= 0.3 is 18.3 Å². The van der Waals surface area contributed by atoms with E-state index in [1.807, 2.05) is 0 Å². The van der Waals surface area contributed by atoms with Crippen LogP contribution in [0.3, 0.4) is 0 Å². The van der Waals surface area contributed by atoms with Crippen LogP contribution < -0.4 is 5.73 Å². The zero-order valence-electron chi connectivity index (χ0n) is 9.59. The van der Waals surface area contributed by atoms with Gasteiger partial charge in [-0.25, -0.2) is 4.39 Å². The topological polar surface area (TPSA) is 26.0 Å². The highest BCUT2D eigenvalue weighted by atomic mass is 35.5. The maximum Gasteiger partial charge on any atom is 0.455 e. The van der Waals surface area contributed by atoms with Crippen molar-refractivity contribution in [2.24, 2.45) is 5.73 Å². The van der Waals surface area contributed by atoms with Gasteiger partial charge in [0.25, 0.3) is 0 Å². The monoisotopic (exact) mass is 345 g/mol. The summed E-state index contributed by atoms with van der Waals surface area (Å²) in [6, 6.07) is -3.15. The Morgan fingerprint density at radius 1 is 0.952 bits per heavy atom. The molecular formula is C10H5ClF9N. The smallest absolute Gasteiger partial charge is 0.319 e. The van der Waals surface area contributed by atoms with E-state index in [0.29, 0.717) is 6.07 Å². The maximum atomic E-state index is 13.5. The van der Waals surface area contributed by atoms with Crippen LogP contribution in [-0.4, -0.2) is 12.1 Å². The molecule has 0 aromatic heterocycles. The van der Waals surface area contributed by atoms with E-state index < -0.39 is 46.3 Å². The minimum atomic E-state index is -6.26. The van der Waals surface area contributed by atoms with Gasteiger partial charge in [0.1, 0.15) is 11.9 Å². The summed E-state index contributed by atoms with van der Waals surface area (Å²) < 4.78 is 114. The SMILES string of the molecule is N[C@H](c1c(C(F)(F)F)ccc(Cl)c1F)C(F)(F)C(F)(F)F. The largest absolute Gasteiger partial charge is 0.455 e. The summed E-state index contributed by atoms with van der Waals surface area (Å²) in [6.45, 7) is 0. The first-order valence-corrected chi connectivity index (χ1v) is 5.34. The zero-order valence-corrected chi connectivity index (χ0v) is 10.3. The molecule has 21 heavy (non-hydrogen) atoms. The molecule has 0 saturated carbocycles. The van der Waals surface area contributed by atoms with E-state index in [-0.39, 0.29) is 6.07 Å². The molecule has 0 saturated heterocycles. The average molecular weight is 346 g/mol. The van der Waals surface area contributed by atoms with Gasteiger partial charge in [0.15, 0.2) is 0 Å². The van der Waals surface area contributed by atoms with Crippen molar-refractivity contribution in [1.82, 2.24) is 0 Å². The second-order valence-corrected chi connectivity index (χ2v) is 4.33. The van der Waals surface area contributed by atoms with Crippen LogP contribution in [0.25, 0.3) is 0 Å². The van der Waals surface area contributed by atoms with Crippen LogP contribution in [0.4, 0.5) is 39.5 Å². The van der Waals surface area contributed by atoms with Crippen LogP contribution in [0, 0.1) is 5.82 Å². The molecule has 11 heteroatoms. The molecule has 0 aliphatic rings. The molecule has 0 amide bonds. The van der Waals surface area contributed by atoms with Gasteiger partial charge in [-0.05, 0) is 12.1 Å². The molecule has 2 N–H and O–H groups in total. The van der Waals surface area contributed by atoms with E-state index in [9.17, 15) is 39.5 Å². The highest BCUT2D eigenvalue weighted by Crippen LogP contribution is 2.47. The van der Waals surface area contributed by atoms with E-state index >= 15 is 0 Å². The van der Waals surface area contributed by atoms with Gasteiger partial charge in [0.2, 0.25) is 0 Å². The highest BCUT2D eigenvalue weighted by molar-refractivity contribution is 6.30. The summed E-state index contributed by atoms with van der Waals surface area (Å²) in [7, 11) is 0. The Morgan fingerprint density at radius 3 is 1.81 bits per heavy atom. The number of benzene rings is 1. The Balaban J connectivity index is 3.59. The van der Waals surface area contributed by atoms with Crippen LogP contribution in [-0.2, 0) is 6.18 Å². The van der Waals surface area contributed by atoms with Crippen molar-refractivity contribution in [3.8, 4) is 0 Å². The van der Waals surface area contributed by atoms with Crippen LogP contribution in [0.15, 0.2) is 12.1 Å². The van der Waals surface area contributed by atoms with Gasteiger partial charge in [-0.1, -0.05) is 11.6 Å². The molecule has 1 aromatic carbocycles. The molecule has 1 nitrogen and oxygen atoms in total. The Kier molecular flexibility index (Phi) is 4.46. The van der Waals surface area contributed by atoms with Crippen LogP contribution in [0.1, 0.15) is 17.2 Å². The lowest BCUT2D eigenvalue weighted by Crippen LogP contribution is -2.46. The molecule has 1 rings (SSSR count). The number of nitrogens with two attached hydrogens (primary N) is 1. The third-order valence-electron chi connectivity index (χ3n) is 2.52. The second-order valence-electron chi connectivity index (χ2n) is 3.92. The van der Waals surface area contributed by atoms with E-state index in [4.69, 9.17) is 11.6 Å². The van der Waals surface area contributed by atoms with Crippen LogP contribution in [0.5, 0.6) is 0 Å². The standard InChI is InChI=1S/C10H5ClF9N/c11-4-2-1-3(9(15,16)17)5(6(4)12)7(21)8(13,14)10(18,19)20/h1-2,7H,21H2/t7-/m1/s1. The molecule has 0 aliphatic heterocycles. The average Bonchev–Trinajstić information content (AvgIpc) is 2.28. The molecule has 1 aromatic rings. The first-order valence-electron chi connectivity index (χ1n) is 4.96. The summed E-state index contributed by atoms with van der Waals surface area (Å²) >= 11 is 5.12. The number of hydrogen-bond donors (Lipinski definition) is 1. The summed E-state index contributed by atoms with van der Waals surface area (Å²) in [5.74, 6) is -7.86. The van der Waals surface area contributed by atoms with Crippen molar-refractivity contribution in [1.29, 1.82) is 0 Å². The fourth-order valence-electron chi connectivity index (χ4n) is 1.48. The summed E-state index contributed by atoms with van der Waals surface area (Å²) in [6.07, 6.45) is -11.6. The lowest BCUT2D eigenvalue weighted by Gasteiger charge is -2.28. The Labute approximate surface area is 116 Å². The minimum Gasteiger partial charge on any atom is -0.319 e. The van der Waals surface area contributed by atoms with Crippen molar-refractivity contribution in [2.75, 3.05) is 0 Å².